The predicted octanol–water partition coefficient (Wildman–Crippen LogP) is 3.09. The van der Waals surface area contributed by atoms with Crippen molar-refractivity contribution < 1.29 is 24.4 Å². The summed E-state index contributed by atoms with van der Waals surface area (Å²) in [7, 11) is 1.51. The van der Waals surface area contributed by atoms with Gasteiger partial charge in [0, 0.05) is 17.8 Å². The first-order chi connectivity index (χ1) is 12.8. The van der Waals surface area contributed by atoms with Gasteiger partial charge in [-0.15, -0.1) is 0 Å². The molecule has 0 bridgehead atoms. The quantitative estimate of drug-likeness (QED) is 0.641. The van der Waals surface area contributed by atoms with Gasteiger partial charge < -0.3 is 9.84 Å². The van der Waals surface area contributed by atoms with Crippen LogP contribution in [0.25, 0.3) is 0 Å². The molecule has 0 aromatic heterocycles. The number of carbonyl (C=O) groups excluding carboxylic acids is 2. The lowest BCUT2D eigenvalue weighted by molar-refractivity contribution is -0.384. The van der Waals surface area contributed by atoms with Crippen molar-refractivity contribution in [1.82, 2.24) is 0 Å². The summed E-state index contributed by atoms with van der Waals surface area (Å²) in [6.45, 7) is 1.26. The third-order valence-electron chi connectivity index (χ3n) is 4.36. The molecule has 0 saturated heterocycles. The predicted molar refractivity (Wildman–Crippen MR) is 96.7 cm³/mol. The second-order valence-corrected chi connectivity index (χ2v) is 5.94. The zero-order valence-corrected chi connectivity index (χ0v) is 14.6. The second kappa shape index (κ2) is 6.91. The normalized spacial score (nSPS) is 16.6. The number of benzene rings is 2. The van der Waals surface area contributed by atoms with E-state index in [1.54, 1.807) is 24.3 Å². The maximum absolute atomic E-state index is 12.7. The summed E-state index contributed by atoms with van der Waals surface area (Å²) in [5.41, 5.74) is 0.757. The van der Waals surface area contributed by atoms with Crippen LogP contribution in [0.4, 0.5) is 11.4 Å². The Hall–Kier alpha value is -3.68. The molecule has 1 unspecified atom stereocenters. The molecule has 2 aromatic carbocycles. The van der Waals surface area contributed by atoms with Gasteiger partial charge in [-0.1, -0.05) is 0 Å². The summed E-state index contributed by atoms with van der Waals surface area (Å²) in [5, 5.41) is 21.2. The van der Waals surface area contributed by atoms with Gasteiger partial charge in [-0.3, -0.25) is 24.6 Å². The van der Waals surface area contributed by atoms with Crippen molar-refractivity contribution in [3.63, 3.8) is 0 Å². The largest absolute Gasteiger partial charge is 0.503 e. The smallest absolute Gasteiger partial charge is 0.294 e. The number of nitro groups is 1. The number of rotatable bonds is 5. The van der Waals surface area contributed by atoms with Gasteiger partial charge in [0.15, 0.2) is 11.5 Å². The van der Waals surface area contributed by atoms with E-state index in [-0.39, 0.29) is 11.3 Å². The fraction of sp³-hybridized carbons (Fsp3) is 0.158. The third kappa shape index (κ3) is 3.12. The average molecular weight is 368 g/mol. The van der Waals surface area contributed by atoms with Gasteiger partial charge in [0.2, 0.25) is 0 Å². The second-order valence-electron chi connectivity index (χ2n) is 5.94. The van der Waals surface area contributed by atoms with Crippen molar-refractivity contribution in [2.75, 3.05) is 12.0 Å². The van der Waals surface area contributed by atoms with Gasteiger partial charge in [0.1, 0.15) is 5.75 Å². The number of carbonyl (C=O) groups is 2. The fourth-order valence-electron chi connectivity index (χ4n) is 3.07. The van der Waals surface area contributed by atoms with Gasteiger partial charge in [0.25, 0.3) is 11.6 Å². The van der Waals surface area contributed by atoms with E-state index in [2.05, 4.69) is 0 Å². The molecule has 1 aliphatic rings. The number of amides is 1. The topological polar surface area (TPSA) is 110 Å². The number of hydrogen-bond acceptors (Lipinski definition) is 6. The van der Waals surface area contributed by atoms with E-state index in [0.29, 0.717) is 17.0 Å². The molecule has 0 fully saturated rings. The van der Waals surface area contributed by atoms with Gasteiger partial charge in [-0.2, -0.15) is 0 Å². The first-order valence-electron chi connectivity index (χ1n) is 8.01. The SMILES string of the molecule is COc1ccc(N2C(=O)C(O)=C(C(C)=O)C2c2ccc([N+](=O)[O-])cc2)cc1. The minimum Gasteiger partial charge on any atom is -0.503 e. The van der Waals surface area contributed by atoms with Crippen LogP contribution in [0.3, 0.4) is 0 Å². The molecule has 0 saturated carbocycles. The Labute approximate surface area is 154 Å². The minimum atomic E-state index is -0.885. The number of aliphatic hydroxyl groups excluding tert-OH is 1. The molecule has 0 radical (unpaired) electrons. The zero-order valence-electron chi connectivity index (χ0n) is 14.6. The van der Waals surface area contributed by atoms with Crippen molar-refractivity contribution >= 4 is 23.1 Å². The Kier molecular flexibility index (Phi) is 4.64. The van der Waals surface area contributed by atoms with Crippen LogP contribution in [-0.2, 0) is 9.59 Å². The van der Waals surface area contributed by atoms with Crippen molar-refractivity contribution in [1.29, 1.82) is 0 Å². The molecule has 138 valence electrons. The highest BCUT2D eigenvalue weighted by Gasteiger charge is 2.43. The van der Waals surface area contributed by atoms with Crippen LogP contribution in [0.2, 0.25) is 0 Å². The number of non-ortho nitro benzene ring substituents is 1. The molecule has 1 heterocycles. The molecule has 8 nitrogen and oxygen atoms in total. The molecule has 27 heavy (non-hydrogen) atoms. The number of anilines is 1. The van der Waals surface area contributed by atoms with E-state index in [9.17, 15) is 24.8 Å². The molecule has 1 atom stereocenters. The van der Waals surface area contributed by atoms with Gasteiger partial charge in [-0.25, -0.2) is 0 Å². The number of nitro benzene ring substituents is 1. The monoisotopic (exact) mass is 368 g/mol. The molecule has 1 amide bonds. The van der Waals surface area contributed by atoms with Crippen LogP contribution in [0, 0.1) is 10.1 Å². The summed E-state index contributed by atoms with van der Waals surface area (Å²) in [6.07, 6.45) is 0. The first kappa shape index (κ1) is 18.1. The Morgan fingerprint density at radius 1 is 1.15 bits per heavy atom. The molecular formula is C19H16N2O6. The number of aliphatic hydroxyl groups is 1. The summed E-state index contributed by atoms with van der Waals surface area (Å²) < 4.78 is 5.11. The maximum atomic E-state index is 12.7. The van der Waals surface area contributed by atoms with E-state index in [1.165, 1.54) is 43.2 Å². The lowest BCUT2D eigenvalue weighted by atomic mass is 9.96. The molecule has 8 heteroatoms. The van der Waals surface area contributed by atoms with Crippen molar-refractivity contribution in [3.8, 4) is 5.75 Å². The maximum Gasteiger partial charge on any atom is 0.294 e. The number of Topliss-reactive ketones (excluding diaryl/α,β-unsaturated/α-hetero) is 1. The molecule has 1 aliphatic heterocycles. The summed E-state index contributed by atoms with van der Waals surface area (Å²) in [6, 6.07) is 11.2. The van der Waals surface area contributed by atoms with Gasteiger partial charge >= 0.3 is 0 Å². The van der Waals surface area contributed by atoms with Crippen LogP contribution in [-0.4, -0.2) is 28.8 Å². The van der Waals surface area contributed by atoms with Crippen LogP contribution in [0.5, 0.6) is 5.75 Å². The van der Waals surface area contributed by atoms with Crippen LogP contribution in [0.1, 0.15) is 18.5 Å². The lowest BCUT2D eigenvalue weighted by Gasteiger charge is -2.26. The van der Waals surface area contributed by atoms with E-state index >= 15 is 0 Å². The van der Waals surface area contributed by atoms with Gasteiger partial charge in [-0.05, 0) is 48.9 Å². The Bertz CT molecular complexity index is 947. The molecule has 3 rings (SSSR count). The lowest BCUT2D eigenvalue weighted by Crippen LogP contribution is -2.30. The first-order valence-corrected chi connectivity index (χ1v) is 8.01. The fourth-order valence-corrected chi connectivity index (χ4v) is 3.07. The number of methoxy groups -OCH3 is 1. The average Bonchev–Trinajstić information content (AvgIpc) is 2.93. The van der Waals surface area contributed by atoms with Gasteiger partial charge in [0.05, 0.1) is 23.6 Å². The zero-order chi connectivity index (χ0) is 19.7. The number of ketones is 1. The third-order valence-corrected chi connectivity index (χ3v) is 4.36. The van der Waals surface area contributed by atoms with Crippen LogP contribution >= 0.6 is 0 Å². The van der Waals surface area contributed by atoms with E-state index < -0.39 is 28.4 Å². The Balaban J connectivity index is 2.11. The highest BCUT2D eigenvalue weighted by atomic mass is 16.6. The standard InChI is InChI=1S/C19H16N2O6/c1-11(22)16-17(12-3-5-14(6-4-12)21(25)26)20(19(24)18(16)23)13-7-9-15(27-2)10-8-13/h3-10,17,23H,1-2H3. The van der Waals surface area contributed by atoms with Crippen molar-refractivity contribution in [3.05, 3.63) is 75.5 Å². The highest BCUT2D eigenvalue weighted by Crippen LogP contribution is 2.41. The van der Waals surface area contributed by atoms with Crippen molar-refractivity contribution in [2.24, 2.45) is 0 Å². The number of hydrogen-bond donors (Lipinski definition) is 1. The molecule has 0 aliphatic carbocycles. The Morgan fingerprint density at radius 3 is 2.22 bits per heavy atom. The summed E-state index contributed by atoms with van der Waals surface area (Å²) in [4.78, 5) is 36.4. The minimum absolute atomic E-state index is 0.0512. The number of nitrogens with zero attached hydrogens (tertiary/aromatic N) is 2. The molecule has 1 N–H and O–H groups in total. The van der Waals surface area contributed by atoms with E-state index in [4.69, 9.17) is 4.74 Å². The molecule has 2 aromatic rings. The number of ether oxygens (including phenoxy) is 1. The summed E-state index contributed by atoms with van der Waals surface area (Å²) >= 11 is 0. The van der Waals surface area contributed by atoms with Crippen LogP contribution < -0.4 is 9.64 Å². The highest BCUT2D eigenvalue weighted by molar-refractivity contribution is 6.16. The molecule has 0 spiro atoms. The van der Waals surface area contributed by atoms with E-state index in [1.807, 2.05) is 0 Å². The van der Waals surface area contributed by atoms with Crippen molar-refractivity contribution in [2.45, 2.75) is 13.0 Å². The molecular weight excluding hydrogens is 352 g/mol. The van der Waals surface area contributed by atoms with Crippen LogP contribution in [0.15, 0.2) is 59.9 Å². The summed E-state index contributed by atoms with van der Waals surface area (Å²) in [5.74, 6) is -1.21. The Morgan fingerprint density at radius 2 is 1.74 bits per heavy atom. The van der Waals surface area contributed by atoms with E-state index in [0.717, 1.165) is 0 Å².